The lowest BCUT2D eigenvalue weighted by Gasteiger charge is -2.09. The molecule has 0 radical (unpaired) electrons. The fraction of sp³-hybridized carbons (Fsp3) is 0.111. The second kappa shape index (κ2) is 4.06. The van der Waals surface area contributed by atoms with E-state index in [1.807, 2.05) is 0 Å². The lowest BCUT2D eigenvalue weighted by Crippen LogP contribution is -2.05. The zero-order valence-corrected chi connectivity index (χ0v) is 10.0. The zero-order chi connectivity index (χ0) is 10.9. The maximum Gasteiger partial charge on any atom is 0.416 e. The summed E-state index contributed by atoms with van der Waals surface area (Å²) in [7, 11) is 0. The minimum atomic E-state index is -4.33. The van der Waals surface area contributed by atoms with Crippen LogP contribution in [0.2, 0.25) is 0 Å². The molecule has 5 heteroatoms. The van der Waals surface area contributed by atoms with E-state index in [2.05, 4.69) is 38.4 Å². The third kappa shape index (κ3) is 2.85. The van der Waals surface area contributed by atoms with Crippen LogP contribution in [-0.4, -0.2) is 0 Å². The van der Waals surface area contributed by atoms with Crippen molar-refractivity contribution < 1.29 is 13.2 Å². The monoisotopic (exact) mass is 328 g/mol. The number of benzene rings is 1. The Balaban J connectivity index is 3.28. The van der Waals surface area contributed by atoms with E-state index in [1.54, 1.807) is 6.07 Å². The molecular weight excluding hydrogens is 325 g/mol. The second-order valence-electron chi connectivity index (χ2n) is 2.63. The van der Waals surface area contributed by atoms with E-state index in [4.69, 9.17) is 0 Å². The van der Waals surface area contributed by atoms with Gasteiger partial charge in [-0.1, -0.05) is 38.4 Å². The Morgan fingerprint density at radius 3 is 2.21 bits per heavy atom. The Hall–Kier alpha value is -0.290. The summed E-state index contributed by atoms with van der Waals surface area (Å²) in [6.45, 7) is 3.52. The minimum absolute atomic E-state index is 0.378. The van der Waals surface area contributed by atoms with Crippen molar-refractivity contribution in [3.05, 3.63) is 40.4 Å². The Morgan fingerprint density at radius 2 is 1.79 bits per heavy atom. The van der Waals surface area contributed by atoms with Crippen molar-refractivity contribution in [3.63, 3.8) is 0 Å². The van der Waals surface area contributed by atoms with Crippen molar-refractivity contribution in [2.75, 3.05) is 0 Å². The molecule has 0 aromatic heterocycles. The number of hydrogen-bond acceptors (Lipinski definition) is 0. The van der Waals surface area contributed by atoms with Gasteiger partial charge >= 0.3 is 6.18 Å². The van der Waals surface area contributed by atoms with Gasteiger partial charge in [-0.15, -0.1) is 0 Å². The molecule has 0 fully saturated rings. The molecule has 0 bridgehead atoms. The quantitative estimate of drug-likeness (QED) is 0.692. The summed E-state index contributed by atoms with van der Waals surface area (Å²) >= 11 is 6.05. The first-order valence-electron chi connectivity index (χ1n) is 3.53. The molecule has 0 spiro atoms. The first-order chi connectivity index (χ1) is 6.30. The van der Waals surface area contributed by atoms with E-state index in [-0.39, 0.29) is 0 Å². The fourth-order valence-electron chi connectivity index (χ4n) is 0.910. The SMILES string of the molecule is C=C(Br)c1cc(Br)cc(C(F)(F)F)c1. The number of alkyl halides is 3. The topological polar surface area (TPSA) is 0 Å². The summed E-state index contributed by atoms with van der Waals surface area (Å²) in [5, 5.41) is 0. The summed E-state index contributed by atoms with van der Waals surface area (Å²) in [5.41, 5.74) is -0.283. The van der Waals surface area contributed by atoms with Crippen molar-refractivity contribution in [3.8, 4) is 0 Å². The van der Waals surface area contributed by atoms with Crippen molar-refractivity contribution in [2.24, 2.45) is 0 Å². The fourth-order valence-corrected chi connectivity index (χ4v) is 1.63. The first-order valence-corrected chi connectivity index (χ1v) is 5.12. The molecule has 0 amide bonds. The Bertz CT molecular complexity index is 369. The molecule has 0 aliphatic carbocycles. The molecule has 1 rings (SSSR count). The molecule has 0 saturated carbocycles. The van der Waals surface area contributed by atoms with Crippen LogP contribution in [0.3, 0.4) is 0 Å². The molecule has 1 aromatic rings. The third-order valence-corrected chi connectivity index (χ3v) is 2.45. The van der Waals surface area contributed by atoms with Crippen LogP contribution in [0.4, 0.5) is 13.2 Å². The molecule has 0 saturated heterocycles. The number of hydrogen-bond donors (Lipinski definition) is 0. The molecule has 76 valence electrons. The largest absolute Gasteiger partial charge is 0.416 e. The Kier molecular flexibility index (Phi) is 3.42. The lowest BCUT2D eigenvalue weighted by molar-refractivity contribution is -0.137. The van der Waals surface area contributed by atoms with E-state index in [0.717, 1.165) is 12.1 Å². The molecule has 0 unspecified atom stereocenters. The average molecular weight is 330 g/mol. The van der Waals surface area contributed by atoms with Crippen LogP contribution in [0.5, 0.6) is 0 Å². The molecule has 0 heterocycles. The van der Waals surface area contributed by atoms with E-state index in [0.29, 0.717) is 14.5 Å². The summed E-state index contributed by atoms with van der Waals surface area (Å²) in [5.74, 6) is 0. The minimum Gasteiger partial charge on any atom is -0.166 e. The van der Waals surface area contributed by atoms with Gasteiger partial charge in [-0.2, -0.15) is 13.2 Å². The van der Waals surface area contributed by atoms with Crippen LogP contribution in [0.15, 0.2) is 29.3 Å². The smallest absolute Gasteiger partial charge is 0.166 e. The molecule has 0 N–H and O–H groups in total. The van der Waals surface area contributed by atoms with E-state index in [9.17, 15) is 13.2 Å². The van der Waals surface area contributed by atoms with Crippen molar-refractivity contribution in [1.82, 2.24) is 0 Å². The summed E-state index contributed by atoms with van der Waals surface area (Å²) < 4.78 is 37.8. The van der Waals surface area contributed by atoms with Crippen LogP contribution < -0.4 is 0 Å². The second-order valence-corrected chi connectivity index (χ2v) is 4.50. The van der Waals surface area contributed by atoms with E-state index >= 15 is 0 Å². The van der Waals surface area contributed by atoms with Gasteiger partial charge in [0, 0.05) is 8.96 Å². The highest BCUT2D eigenvalue weighted by molar-refractivity contribution is 9.15. The van der Waals surface area contributed by atoms with Gasteiger partial charge in [0.05, 0.1) is 5.56 Å². The van der Waals surface area contributed by atoms with E-state index < -0.39 is 11.7 Å². The standard InChI is InChI=1S/C9H5Br2F3/c1-5(10)6-2-7(9(12,13)14)4-8(11)3-6/h2-4H,1H2. The number of halogens is 5. The predicted octanol–water partition coefficient (Wildman–Crippen LogP) is 4.83. The molecule has 1 aromatic carbocycles. The summed E-state index contributed by atoms with van der Waals surface area (Å²) in [6.07, 6.45) is -4.33. The molecule has 0 atom stereocenters. The van der Waals surface area contributed by atoms with Crippen molar-refractivity contribution in [1.29, 1.82) is 0 Å². The van der Waals surface area contributed by atoms with Gasteiger partial charge in [0.15, 0.2) is 0 Å². The average Bonchev–Trinajstić information content (AvgIpc) is 2.01. The highest BCUT2D eigenvalue weighted by Crippen LogP contribution is 2.34. The van der Waals surface area contributed by atoms with Gasteiger partial charge in [0.1, 0.15) is 0 Å². The third-order valence-electron chi connectivity index (χ3n) is 1.54. The summed E-state index contributed by atoms with van der Waals surface area (Å²) in [6, 6.07) is 3.63. The van der Waals surface area contributed by atoms with Gasteiger partial charge in [0.2, 0.25) is 0 Å². The van der Waals surface area contributed by atoms with Crippen LogP contribution in [0.25, 0.3) is 4.48 Å². The molecular formula is C9H5Br2F3. The van der Waals surface area contributed by atoms with Crippen LogP contribution in [0, 0.1) is 0 Å². The van der Waals surface area contributed by atoms with Crippen molar-refractivity contribution >= 4 is 36.3 Å². The van der Waals surface area contributed by atoms with Gasteiger partial charge in [0.25, 0.3) is 0 Å². The van der Waals surface area contributed by atoms with Crippen molar-refractivity contribution in [2.45, 2.75) is 6.18 Å². The molecule has 0 aliphatic rings. The Morgan fingerprint density at radius 1 is 1.21 bits per heavy atom. The Labute approximate surface area is 96.1 Å². The molecule has 0 nitrogen and oxygen atoms in total. The van der Waals surface area contributed by atoms with Gasteiger partial charge < -0.3 is 0 Å². The molecule has 14 heavy (non-hydrogen) atoms. The lowest BCUT2D eigenvalue weighted by atomic mass is 10.1. The van der Waals surface area contributed by atoms with Crippen LogP contribution in [-0.2, 0) is 6.18 Å². The maximum atomic E-state index is 12.3. The number of rotatable bonds is 1. The summed E-state index contributed by atoms with van der Waals surface area (Å²) in [4.78, 5) is 0. The molecule has 0 aliphatic heterocycles. The van der Waals surface area contributed by atoms with E-state index in [1.165, 1.54) is 0 Å². The highest BCUT2D eigenvalue weighted by atomic mass is 79.9. The van der Waals surface area contributed by atoms with Crippen LogP contribution >= 0.6 is 31.9 Å². The van der Waals surface area contributed by atoms with Gasteiger partial charge in [-0.3, -0.25) is 0 Å². The maximum absolute atomic E-state index is 12.3. The highest BCUT2D eigenvalue weighted by Gasteiger charge is 2.31. The van der Waals surface area contributed by atoms with Gasteiger partial charge in [-0.25, -0.2) is 0 Å². The zero-order valence-electron chi connectivity index (χ0n) is 6.83. The normalized spacial score (nSPS) is 11.5. The first kappa shape index (κ1) is 11.8. The van der Waals surface area contributed by atoms with Gasteiger partial charge in [-0.05, 0) is 23.8 Å². The predicted molar refractivity (Wildman–Crippen MR) is 57.1 cm³/mol. The van der Waals surface area contributed by atoms with Crippen LogP contribution in [0.1, 0.15) is 11.1 Å².